The van der Waals surface area contributed by atoms with E-state index >= 15 is 0 Å². The molecule has 0 saturated heterocycles. The topological polar surface area (TPSA) is 86.3 Å². The van der Waals surface area contributed by atoms with E-state index in [0.717, 1.165) is 32.4 Å². The second kappa shape index (κ2) is 14.1. The van der Waals surface area contributed by atoms with Gasteiger partial charge in [0.05, 0.1) is 0 Å². The van der Waals surface area contributed by atoms with Crippen molar-refractivity contribution >= 4 is 24.3 Å². The molecule has 0 bridgehead atoms. The lowest BCUT2D eigenvalue weighted by Gasteiger charge is -2.10. The fourth-order valence-electron chi connectivity index (χ4n) is 1.38. The predicted octanol–water partition coefficient (Wildman–Crippen LogP) is 2.22. The van der Waals surface area contributed by atoms with Crippen LogP contribution in [0.1, 0.15) is 52.4 Å². The number of nitrogens with one attached hydrogen (secondary N) is 3. The van der Waals surface area contributed by atoms with Gasteiger partial charge in [0, 0.05) is 13.1 Å². The Labute approximate surface area is 117 Å². The van der Waals surface area contributed by atoms with E-state index in [0.29, 0.717) is 5.96 Å². The lowest BCUT2D eigenvalue weighted by atomic mass is 10.2. The smallest absolute Gasteiger partial charge is 0.198 e. The van der Waals surface area contributed by atoms with Crippen LogP contribution < -0.4 is 16.4 Å². The maximum Gasteiger partial charge on any atom is 0.198 e. The first-order valence-corrected chi connectivity index (χ1v) is 6.60. The summed E-state index contributed by atoms with van der Waals surface area (Å²) < 4.78 is 0. The van der Waals surface area contributed by atoms with Crippen LogP contribution in [0.15, 0.2) is 4.99 Å². The summed E-state index contributed by atoms with van der Waals surface area (Å²) in [6.07, 6.45) is 7.02. The Morgan fingerprint density at radius 2 is 1.78 bits per heavy atom. The molecule has 0 rings (SSSR count). The fraction of sp³-hybridized carbons (Fsp3) is 0.833. The van der Waals surface area contributed by atoms with Crippen LogP contribution in [0.25, 0.3) is 0 Å². The second-order valence-electron chi connectivity index (χ2n) is 4.11. The van der Waals surface area contributed by atoms with Gasteiger partial charge in [-0.25, -0.2) is 0 Å². The summed E-state index contributed by atoms with van der Waals surface area (Å²) in [5.74, 6) is 0.559. The lowest BCUT2D eigenvalue weighted by molar-refractivity contribution is 0.670. The van der Waals surface area contributed by atoms with Gasteiger partial charge < -0.3 is 11.1 Å². The van der Waals surface area contributed by atoms with Crippen molar-refractivity contribution in [2.75, 3.05) is 13.1 Å². The van der Waals surface area contributed by atoms with E-state index < -0.39 is 0 Å². The zero-order valence-corrected chi connectivity index (χ0v) is 12.4. The molecule has 0 unspecified atom stereocenters. The molecule has 0 aliphatic heterocycles. The number of rotatable bonds is 8. The van der Waals surface area contributed by atoms with Gasteiger partial charge >= 0.3 is 0 Å². The van der Waals surface area contributed by atoms with Crippen LogP contribution in [0.4, 0.5) is 0 Å². The number of unbranched alkanes of at least 4 members (excludes halogenated alkanes) is 4. The SMILES string of the molecule is CCCCCCN=C(NCCCC)NC(=N)N.Cl. The van der Waals surface area contributed by atoms with Gasteiger partial charge in [-0.2, -0.15) is 0 Å². The molecule has 0 aliphatic rings. The van der Waals surface area contributed by atoms with Gasteiger partial charge in [0.25, 0.3) is 0 Å². The molecule has 0 amide bonds. The van der Waals surface area contributed by atoms with E-state index in [4.69, 9.17) is 11.1 Å². The third kappa shape index (κ3) is 13.1. The Balaban J connectivity index is 0. The average molecular weight is 278 g/mol. The van der Waals surface area contributed by atoms with E-state index in [-0.39, 0.29) is 18.4 Å². The van der Waals surface area contributed by atoms with Crippen LogP contribution in [0, 0.1) is 5.41 Å². The van der Waals surface area contributed by atoms with Crippen LogP contribution >= 0.6 is 12.4 Å². The molecule has 0 atom stereocenters. The third-order valence-electron chi connectivity index (χ3n) is 2.36. The van der Waals surface area contributed by atoms with Crippen molar-refractivity contribution in [1.29, 1.82) is 5.41 Å². The Bertz CT molecular complexity index is 231. The quantitative estimate of drug-likeness (QED) is 0.312. The van der Waals surface area contributed by atoms with Crippen LogP contribution in [-0.2, 0) is 0 Å². The first kappa shape index (κ1) is 19.4. The van der Waals surface area contributed by atoms with Gasteiger partial charge in [-0.05, 0) is 12.8 Å². The van der Waals surface area contributed by atoms with Crippen LogP contribution in [-0.4, -0.2) is 25.0 Å². The molecule has 6 heteroatoms. The Hall–Kier alpha value is -0.970. The van der Waals surface area contributed by atoms with Crippen molar-refractivity contribution in [1.82, 2.24) is 10.6 Å². The van der Waals surface area contributed by atoms with Crippen molar-refractivity contribution < 1.29 is 0 Å². The van der Waals surface area contributed by atoms with Gasteiger partial charge in [-0.3, -0.25) is 15.7 Å². The molecule has 0 aromatic heterocycles. The molecule has 0 heterocycles. The highest BCUT2D eigenvalue weighted by molar-refractivity contribution is 5.96. The second-order valence-corrected chi connectivity index (χ2v) is 4.11. The maximum atomic E-state index is 7.20. The number of nitrogens with zero attached hydrogens (tertiary/aromatic N) is 1. The number of hydrogen-bond acceptors (Lipinski definition) is 2. The highest BCUT2D eigenvalue weighted by atomic mass is 35.5. The summed E-state index contributed by atoms with van der Waals surface area (Å²) in [6.45, 7) is 5.99. The predicted molar refractivity (Wildman–Crippen MR) is 81.7 cm³/mol. The van der Waals surface area contributed by atoms with Gasteiger partial charge in [-0.1, -0.05) is 39.5 Å². The zero-order valence-electron chi connectivity index (χ0n) is 11.6. The highest BCUT2D eigenvalue weighted by Gasteiger charge is 1.98. The fourth-order valence-corrected chi connectivity index (χ4v) is 1.38. The monoisotopic (exact) mass is 277 g/mol. The number of halogens is 1. The molecule has 0 radical (unpaired) electrons. The summed E-state index contributed by atoms with van der Waals surface area (Å²) in [5.41, 5.74) is 5.30. The molecule has 5 N–H and O–H groups in total. The van der Waals surface area contributed by atoms with Crippen LogP contribution in [0.3, 0.4) is 0 Å². The lowest BCUT2D eigenvalue weighted by Crippen LogP contribution is -2.44. The minimum Gasteiger partial charge on any atom is -0.370 e. The molecule has 0 saturated carbocycles. The molecule has 108 valence electrons. The summed E-state index contributed by atoms with van der Waals surface area (Å²) in [7, 11) is 0. The number of aliphatic imine (C=N–C) groups is 1. The van der Waals surface area contributed by atoms with Crippen molar-refractivity contribution in [2.45, 2.75) is 52.4 Å². The molecule has 0 aromatic carbocycles. The van der Waals surface area contributed by atoms with E-state index in [1.54, 1.807) is 0 Å². The largest absolute Gasteiger partial charge is 0.370 e. The van der Waals surface area contributed by atoms with Gasteiger partial charge in [-0.15, -0.1) is 12.4 Å². The van der Waals surface area contributed by atoms with Gasteiger partial charge in [0.15, 0.2) is 11.9 Å². The van der Waals surface area contributed by atoms with E-state index in [1.165, 1.54) is 19.3 Å². The van der Waals surface area contributed by atoms with E-state index in [1.807, 2.05) is 0 Å². The minimum atomic E-state index is -0.0682. The number of hydrogen-bond donors (Lipinski definition) is 4. The first-order valence-electron chi connectivity index (χ1n) is 6.60. The molecular weight excluding hydrogens is 250 g/mol. The van der Waals surface area contributed by atoms with E-state index in [9.17, 15) is 0 Å². The van der Waals surface area contributed by atoms with E-state index in [2.05, 4.69) is 29.5 Å². The molecule has 5 nitrogen and oxygen atoms in total. The molecule has 0 spiro atoms. The molecular formula is C12H28ClN5. The number of guanidine groups is 2. The summed E-state index contributed by atoms with van der Waals surface area (Å²) in [6, 6.07) is 0. The van der Waals surface area contributed by atoms with Crippen molar-refractivity contribution in [3.05, 3.63) is 0 Å². The molecule has 0 fully saturated rings. The Kier molecular flexibility index (Phi) is 15.2. The molecule has 0 aromatic rings. The number of nitrogens with two attached hydrogens (primary N) is 1. The Morgan fingerprint density at radius 3 is 2.33 bits per heavy atom. The maximum absolute atomic E-state index is 7.20. The highest BCUT2D eigenvalue weighted by Crippen LogP contribution is 1.98. The summed E-state index contributed by atoms with van der Waals surface area (Å²) in [4.78, 5) is 4.38. The van der Waals surface area contributed by atoms with Crippen LogP contribution in [0.5, 0.6) is 0 Å². The molecule has 0 aliphatic carbocycles. The summed E-state index contributed by atoms with van der Waals surface area (Å²) in [5, 5.41) is 13.1. The first-order chi connectivity index (χ1) is 8.20. The van der Waals surface area contributed by atoms with Gasteiger partial charge in [0.1, 0.15) is 0 Å². The van der Waals surface area contributed by atoms with Gasteiger partial charge in [0.2, 0.25) is 0 Å². The minimum absolute atomic E-state index is 0. The van der Waals surface area contributed by atoms with Crippen LogP contribution in [0.2, 0.25) is 0 Å². The summed E-state index contributed by atoms with van der Waals surface area (Å²) >= 11 is 0. The molecule has 18 heavy (non-hydrogen) atoms. The van der Waals surface area contributed by atoms with Crippen molar-refractivity contribution in [2.24, 2.45) is 10.7 Å². The average Bonchev–Trinajstić information content (AvgIpc) is 2.28. The zero-order chi connectivity index (χ0) is 12.9. The van der Waals surface area contributed by atoms with Crippen molar-refractivity contribution in [3.8, 4) is 0 Å². The van der Waals surface area contributed by atoms with Crippen molar-refractivity contribution in [3.63, 3.8) is 0 Å². The third-order valence-corrected chi connectivity index (χ3v) is 2.36. The standard InChI is InChI=1S/C12H27N5.ClH/c1-3-5-7-8-10-16-12(17-11(13)14)15-9-6-4-2;/h3-10H2,1-2H3,(H5,13,14,15,16,17);1H. The Morgan fingerprint density at radius 1 is 1.11 bits per heavy atom. The normalized spacial score (nSPS) is 10.7.